The van der Waals surface area contributed by atoms with E-state index in [0.29, 0.717) is 35.3 Å². The van der Waals surface area contributed by atoms with Gasteiger partial charge >= 0.3 is 0 Å². The van der Waals surface area contributed by atoms with Crippen LogP contribution in [0.4, 0.5) is 0 Å². The van der Waals surface area contributed by atoms with Gasteiger partial charge in [-0.05, 0) is 29.8 Å². The maximum atomic E-state index is 9.39. The van der Waals surface area contributed by atoms with Crippen molar-refractivity contribution in [1.29, 1.82) is 0 Å². The fourth-order valence-corrected chi connectivity index (χ4v) is 3.06. The number of aromatic hydroxyl groups is 1. The van der Waals surface area contributed by atoms with E-state index in [4.69, 9.17) is 4.74 Å². The lowest BCUT2D eigenvalue weighted by Crippen LogP contribution is -2.02. The van der Waals surface area contributed by atoms with Crippen molar-refractivity contribution in [2.45, 2.75) is 6.42 Å². The molecule has 0 aliphatic rings. The third-order valence-corrected chi connectivity index (χ3v) is 4.45. The zero-order chi connectivity index (χ0) is 20.3. The van der Waals surface area contributed by atoms with Crippen LogP contribution in [0.1, 0.15) is 11.4 Å². The molecule has 5 aromatic rings. The van der Waals surface area contributed by atoms with Gasteiger partial charge in [-0.3, -0.25) is 0 Å². The Morgan fingerprint density at radius 2 is 1.70 bits per heavy atom. The Balaban J connectivity index is 1.43. The summed E-state index contributed by atoms with van der Waals surface area (Å²) in [6.07, 6.45) is 3.27. The van der Waals surface area contributed by atoms with E-state index in [2.05, 4.69) is 25.3 Å². The van der Waals surface area contributed by atoms with E-state index in [1.807, 2.05) is 60.7 Å². The predicted octanol–water partition coefficient (Wildman–Crippen LogP) is 3.67. The molecule has 30 heavy (non-hydrogen) atoms. The number of benzene rings is 2. The van der Waals surface area contributed by atoms with E-state index in [-0.39, 0.29) is 5.75 Å². The number of nitrogens with zero attached hydrogens (tertiary/aromatic N) is 6. The van der Waals surface area contributed by atoms with Gasteiger partial charge in [-0.25, -0.2) is 9.97 Å². The number of aromatic nitrogens is 6. The van der Waals surface area contributed by atoms with Crippen LogP contribution < -0.4 is 4.74 Å². The summed E-state index contributed by atoms with van der Waals surface area (Å²) < 4.78 is 7.51. The van der Waals surface area contributed by atoms with E-state index in [0.717, 1.165) is 11.1 Å². The van der Waals surface area contributed by atoms with Crippen LogP contribution in [0.3, 0.4) is 0 Å². The van der Waals surface area contributed by atoms with Gasteiger partial charge in [-0.15, -0.1) is 15.3 Å². The third-order valence-electron chi connectivity index (χ3n) is 4.45. The molecule has 8 heteroatoms. The number of hydrogen-bond donors (Lipinski definition) is 1. The highest BCUT2D eigenvalue weighted by atomic mass is 16.5. The predicted molar refractivity (Wildman–Crippen MR) is 109 cm³/mol. The summed E-state index contributed by atoms with van der Waals surface area (Å²) in [7, 11) is 0. The molecule has 3 heterocycles. The number of hydrogen-bond acceptors (Lipinski definition) is 7. The van der Waals surface area contributed by atoms with E-state index >= 15 is 0 Å². The number of ether oxygens (including phenoxy) is 1. The van der Waals surface area contributed by atoms with Crippen LogP contribution in [0.5, 0.6) is 17.4 Å². The lowest BCUT2D eigenvalue weighted by Gasteiger charge is -2.06. The van der Waals surface area contributed by atoms with Gasteiger partial charge in [0.15, 0.2) is 23.0 Å². The molecule has 0 amide bonds. The van der Waals surface area contributed by atoms with E-state index in [1.165, 1.54) is 12.4 Å². The van der Waals surface area contributed by atoms with E-state index < -0.39 is 0 Å². The van der Waals surface area contributed by atoms with Crippen molar-refractivity contribution in [3.8, 4) is 28.8 Å². The highest BCUT2D eigenvalue weighted by molar-refractivity contribution is 5.56. The molecule has 0 aliphatic carbocycles. The van der Waals surface area contributed by atoms with Crippen molar-refractivity contribution in [3.63, 3.8) is 0 Å². The van der Waals surface area contributed by atoms with Crippen molar-refractivity contribution in [3.05, 3.63) is 90.5 Å². The molecule has 2 aromatic carbocycles. The van der Waals surface area contributed by atoms with Crippen molar-refractivity contribution in [2.75, 3.05) is 0 Å². The van der Waals surface area contributed by atoms with Gasteiger partial charge in [0.25, 0.3) is 0 Å². The molecule has 1 N–H and O–H groups in total. The molecule has 0 unspecified atom stereocenters. The van der Waals surface area contributed by atoms with Crippen LogP contribution in [0, 0.1) is 0 Å². The Kier molecular flexibility index (Phi) is 4.49. The largest absolute Gasteiger partial charge is 0.505 e. The lowest BCUT2D eigenvalue weighted by molar-refractivity contribution is 0.451. The van der Waals surface area contributed by atoms with Crippen LogP contribution in [-0.2, 0) is 6.42 Å². The van der Waals surface area contributed by atoms with Crippen molar-refractivity contribution < 1.29 is 9.84 Å². The maximum Gasteiger partial charge on any atom is 0.237 e. The zero-order valence-electron chi connectivity index (χ0n) is 15.8. The number of para-hydroxylation sites is 1. The highest BCUT2D eigenvalue weighted by Crippen LogP contribution is 2.21. The van der Waals surface area contributed by atoms with Crippen LogP contribution in [0.15, 0.2) is 79.1 Å². The molecule has 0 bridgehead atoms. The normalized spacial score (nSPS) is 10.9. The Morgan fingerprint density at radius 1 is 0.867 bits per heavy atom. The van der Waals surface area contributed by atoms with Crippen LogP contribution in [0.2, 0.25) is 0 Å². The monoisotopic (exact) mass is 396 g/mol. The summed E-state index contributed by atoms with van der Waals surface area (Å²) in [5.41, 5.74) is 2.50. The van der Waals surface area contributed by atoms with Crippen LogP contribution >= 0.6 is 0 Å². The average molecular weight is 396 g/mol. The van der Waals surface area contributed by atoms with Gasteiger partial charge in [0.2, 0.25) is 5.88 Å². The first-order valence-corrected chi connectivity index (χ1v) is 9.29. The molecule has 3 aromatic heterocycles. The first kappa shape index (κ1) is 17.7. The first-order chi connectivity index (χ1) is 14.7. The molecule has 0 spiro atoms. The summed E-state index contributed by atoms with van der Waals surface area (Å²) in [6, 6.07) is 20.9. The summed E-state index contributed by atoms with van der Waals surface area (Å²) in [6.45, 7) is 0. The topological polar surface area (TPSA) is 98.3 Å². The second kappa shape index (κ2) is 7.59. The molecule has 0 radical (unpaired) electrons. The molecular weight excluding hydrogens is 380 g/mol. The fourth-order valence-electron chi connectivity index (χ4n) is 3.06. The highest BCUT2D eigenvalue weighted by Gasteiger charge is 2.11. The van der Waals surface area contributed by atoms with Gasteiger partial charge in [-0.2, -0.15) is 4.52 Å². The molecule has 0 saturated heterocycles. The quantitative estimate of drug-likeness (QED) is 0.484. The summed E-state index contributed by atoms with van der Waals surface area (Å²) in [5, 5.41) is 22.4. The molecule has 0 atom stereocenters. The van der Waals surface area contributed by atoms with Crippen molar-refractivity contribution in [1.82, 2.24) is 29.8 Å². The molecule has 5 rings (SSSR count). The molecule has 8 nitrogen and oxygen atoms in total. The van der Waals surface area contributed by atoms with Crippen LogP contribution in [0.25, 0.3) is 17.0 Å². The van der Waals surface area contributed by atoms with Gasteiger partial charge in [0, 0.05) is 18.1 Å². The van der Waals surface area contributed by atoms with E-state index in [9.17, 15) is 5.11 Å². The lowest BCUT2D eigenvalue weighted by atomic mass is 10.1. The van der Waals surface area contributed by atoms with Gasteiger partial charge in [-0.1, -0.05) is 36.4 Å². The van der Waals surface area contributed by atoms with Gasteiger partial charge in [0.05, 0.1) is 12.4 Å². The summed E-state index contributed by atoms with van der Waals surface area (Å²) in [5.74, 6) is 2.43. The summed E-state index contributed by atoms with van der Waals surface area (Å²) >= 11 is 0. The average Bonchev–Trinajstić information content (AvgIpc) is 3.17. The Bertz CT molecular complexity index is 1300. The van der Waals surface area contributed by atoms with Gasteiger partial charge in [0.1, 0.15) is 5.75 Å². The molecule has 0 aliphatic heterocycles. The first-order valence-electron chi connectivity index (χ1n) is 9.29. The molecular formula is C22H16N6O2. The SMILES string of the molecule is Oc1cnc(-c2cccc(Cc3nnc4ccc(Oc5ccccc5)nn34)c2)nc1. The second-order valence-electron chi connectivity index (χ2n) is 6.61. The second-order valence-corrected chi connectivity index (χ2v) is 6.61. The molecule has 0 fully saturated rings. The minimum absolute atomic E-state index is 0.0319. The van der Waals surface area contributed by atoms with Gasteiger partial charge < -0.3 is 9.84 Å². The number of rotatable bonds is 5. The van der Waals surface area contributed by atoms with Crippen molar-refractivity contribution in [2.24, 2.45) is 0 Å². The zero-order valence-corrected chi connectivity index (χ0v) is 15.8. The van der Waals surface area contributed by atoms with Crippen molar-refractivity contribution >= 4 is 5.65 Å². The number of fused-ring (bicyclic) bond motifs is 1. The molecule has 0 saturated carbocycles. The minimum Gasteiger partial charge on any atom is -0.505 e. The standard InChI is InChI=1S/C22H16N6O2/c29-17-13-23-22(24-14-17)16-6-4-5-15(11-16)12-20-26-25-19-9-10-21(27-28(19)20)30-18-7-2-1-3-8-18/h1-11,13-14,29H,12H2. The molecule has 146 valence electrons. The van der Waals surface area contributed by atoms with E-state index in [1.54, 1.807) is 10.6 Å². The summed E-state index contributed by atoms with van der Waals surface area (Å²) in [4.78, 5) is 8.33. The Hall–Kier alpha value is -4.33. The Labute approximate surface area is 171 Å². The third kappa shape index (κ3) is 3.66. The maximum absolute atomic E-state index is 9.39. The fraction of sp³-hybridized carbons (Fsp3) is 0.0455. The Morgan fingerprint density at radius 3 is 2.53 bits per heavy atom. The smallest absolute Gasteiger partial charge is 0.237 e. The minimum atomic E-state index is 0.0319. The van der Waals surface area contributed by atoms with Crippen LogP contribution in [-0.4, -0.2) is 34.9 Å².